The number of thioether (sulfide) groups is 2. The first kappa shape index (κ1) is 16.1. The quantitative estimate of drug-likeness (QED) is 0.525. The molecule has 0 fully saturated rings. The molecular weight excluding hydrogens is 242 g/mol. The maximum absolute atomic E-state index is 11.8. The number of amides is 1. The molecule has 0 aromatic heterocycles. The summed E-state index contributed by atoms with van der Waals surface area (Å²) in [5, 5.41) is 9.45. The Morgan fingerprint density at radius 3 is 2.31 bits per heavy atom. The number of carbonyl (C=O) groups excluding carboxylic acids is 1. The molecule has 3 N–H and O–H groups in total. The summed E-state index contributed by atoms with van der Waals surface area (Å²) in [6, 6.07) is 0. The molecule has 0 spiro atoms. The molecule has 0 aliphatic heterocycles. The second-order valence-corrected chi connectivity index (χ2v) is 5.63. The van der Waals surface area contributed by atoms with Gasteiger partial charge in [-0.05, 0) is 33.0 Å². The summed E-state index contributed by atoms with van der Waals surface area (Å²) in [5.74, 6) is 0.122. The van der Waals surface area contributed by atoms with E-state index in [1.165, 1.54) is 0 Å². The molecule has 0 aliphatic rings. The van der Waals surface area contributed by atoms with Crippen LogP contribution in [0.2, 0.25) is 0 Å². The van der Waals surface area contributed by atoms with Gasteiger partial charge >= 0.3 is 0 Å². The summed E-state index contributed by atoms with van der Waals surface area (Å²) >= 11 is 3.43. The third-order valence-corrected chi connectivity index (χ3v) is 4.26. The lowest BCUT2D eigenvalue weighted by molar-refractivity contribution is -0.120. The highest BCUT2D eigenvalue weighted by Crippen LogP contribution is 2.20. The minimum atomic E-state index is 0.0409. The number of hydrogen-bond acceptors (Lipinski definition) is 5. The van der Waals surface area contributed by atoms with Crippen LogP contribution in [-0.2, 0) is 4.79 Å². The van der Waals surface area contributed by atoms with Crippen molar-refractivity contribution in [3.05, 3.63) is 0 Å². The zero-order chi connectivity index (χ0) is 12.4. The fourth-order valence-electron chi connectivity index (χ4n) is 1.33. The normalized spacial score (nSPS) is 14.5. The summed E-state index contributed by atoms with van der Waals surface area (Å²) in [6.07, 6.45) is 4.98. The third kappa shape index (κ3) is 6.62. The molecule has 0 heterocycles. The maximum atomic E-state index is 11.8. The number of hydrogen-bond donors (Lipinski definition) is 3. The van der Waals surface area contributed by atoms with Gasteiger partial charge in [0.1, 0.15) is 0 Å². The van der Waals surface area contributed by atoms with E-state index in [-0.39, 0.29) is 11.2 Å². The van der Waals surface area contributed by atoms with Crippen LogP contribution < -0.4 is 16.0 Å². The zero-order valence-electron chi connectivity index (χ0n) is 10.5. The molecule has 0 aliphatic carbocycles. The molecule has 0 bridgehead atoms. The van der Waals surface area contributed by atoms with Gasteiger partial charge in [-0.2, -0.15) is 23.5 Å². The van der Waals surface area contributed by atoms with Crippen molar-refractivity contribution in [1.82, 2.24) is 16.0 Å². The lowest BCUT2D eigenvalue weighted by atomic mass is 10.2. The van der Waals surface area contributed by atoms with E-state index in [9.17, 15) is 4.79 Å². The molecule has 4 nitrogen and oxygen atoms in total. The molecule has 16 heavy (non-hydrogen) atoms. The third-order valence-electron chi connectivity index (χ3n) is 2.26. The molecule has 0 saturated carbocycles. The van der Waals surface area contributed by atoms with Gasteiger partial charge in [-0.15, -0.1) is 0 Å². The molecule has 1 amide bonds. The van der Waals surface area contributed by atoms with Gasteiger partial charge in [0.25, 0.3) is 0 Å². The van der Waals surface area contributed by atoms with Crippen molar-refractivity contribution in [2.45, 2.75) is 16.9 Å². The Bertz CT molecular complexity index is 193. The van der Waals surface area contributed by atoms with Gasteiger partial charge in [-0.1, -0.05) is 0 Å². The van der Waals surface area contributed by atoms with Gasteiger partial charge < -0.3 is 16.0 Å². The molecule has 0 rings (SSSR count). The van der Waals surface area contributed by atoms with Crippen LogP contribution in [0.1, 0.15) is 6.42 Å². The lowest BCUT2D eigenvalue weighted by Crippen LogP contribution is -2.39. The Balaban J connectivity index is 4.09. The predicted molar refractivity (Wildman–Crippen MR) is 75.2 cm³/mol. The molecular formula is C10H23N3OS2. The van der Waals surface area contributed by atoms with Crippen LogP contribution in [0.5, 0.6) is 0 Å². The monoisotopic (exact) mass is 265 g/mol. The molecule has 96 valence electrons. The van der Waals surface area contributed by atoms with E-state index in [4.69, 9.17) is 0 Å². The zero-order valence-corrected chi connectivity index (χ0v) is 12.1. The molecule has 2 atom stereocenters. The van der Waals surface area contributed by atoms with Crippen molar-refractivity contribution >= 4 is 29.4 Å². The van der Waals surface area contributed by atoms with E-state index in [0.29, 0.717) is 11.9 Å². The standard InChI is InChI=1S/C10H23N3OS2/c1-11-6-8(15-3)5-9(16-4)10(14)13-7-12-2/h8-9,11-12H,5-7H2,1-4H3,(H,13,14). The predicted octanol–water partition coefficient (Wildman–Crippen LogP) is 0.352. The Hall–Kier alpha value is 0.0900. The van der Waals surface area contributed by atoms with E-state index < -0.39 is 0 Å². The molecule has 6 heteroatoms. The second-order valence-electron chi connectivity index (χ2n) is 3.45. The van der Waals surface area contributed by atoms with Crippen molar-refractivity contribution in [1.29, 1.82) is 0 Å². The van der Waals surface area contributed by atoms with Crippen LogP contribution in [0.3, 0.4) is 0 Å². The highest BCUT2D eigenvalue weighted by molar-refractivity contribution is 8.00. The van der Waals surface area contributed by atoms with Crippen LogP contribution in [0, 0.1) is 0 Å². The van der Waals surface area contributed by atoms with Crippen molar-refractivity contribution in [3.8, 4) is 0 Å². The van der Waals surface area contributed by atoms with E-state index in [1.807, 2.05) is 32.1 Å². The van der Waals surface area contributed by atoms with Gasteiger partial charge in [0.2, 0.25) is 5.91 Å². The SMILES string of the molecule is CNCNC(=O)C(CC(CNC)SC)SC. The minimum Gasteiger partial charge on any atom is -0.343 e. The van der Waals surface area contributed by atoms with Gasteiger partial charge in [-0.3, -0.25) is 4.79 Å². The Labute approximate surface area is 107 Å². The maximum Gasteiger partial charge on any atom is 0.234 e. The molecule has 0 radical (unpaired) electrons. The van der Waals surface area contributed by atoms with Crippen LogP contribution >= 0.6 is 23.5 Å². The van der Waals surface area contributed by atoms with Crippen molar-refractivity contribution in [2.75, 3.05) is 39.8 Å². The summed E-state index contributed by atoms with van der Waals surface area (Å²) < 4.78 is 0. The smallest absolute Gasteiger partial charge is 0.234 e. The number of carbonyl (C=O) groups is 1. The lowest BCUT2D eigenvalue weighted by Gasteiger charge is -2.20. The summed E-state index contributed by atoms with van der Waals surface area (Å²) in [4.78, 5) is 11.8. The topological polar surface area (TPSA) is 53.2 Å². The van der Waals surface area contributed by atoms with Crippen LogP contribution in [0.25, 0.3) is 0 Å². The van der Waals surface area contributed by atoms with Crippen LogP contribution in [0.4, 0.5) is 0 Å². The highest BCUT2D eigenvalue weighted by Gasteiger charge is 2.20. The van der Waals surface area contributed by atoms with Crippen LogP contribution in [-0.4, -0.2) is 56.2 Å². The fraction of sp³-hybridized carbons (Fsp3) is 0.900. The highest BCUT2D eigenvalue weighted by atomic mass is 32.2. The first-order valence-electron chi connectivity index (χ1n) is 5.32. The van der Waals surface area contributed by atoms with Gasteiger partial charge in [0.05, 0.1) is 11.9 Å². The molecule has 0 aromatic rings. The van der Waals surface area contributed by atoms with Crippen molar-refractivity contribution in [3.63, 3.8) is 0 Å². The van der Waals surface area contributed by atoms with Gasteiger partial charge in [0.15, 0.2) is 0 Å². The molecule has 0 saturated heterocycles. The average Bonchev–Trinajstić information content (AvgIpc) is 2.31. The molecule has 0 aromatic carbocycles. The van der Waals surface area contributed by atoms with Crippen molar-refractivity contribution < 1.29 is 4.79 Å². The number of rotatable bonds is 9. The van der Waals surface area contributed by atoms with Gasteiger partial charge in [-0.25, -0.2) is 0 Å². The van der Waals surface area contributed by atoms with E-state index in [0.717, 1.165) is 13.0 Å². The summed E-state index contributed by atoms with van der Waals surface area (Å²) in [5.41, 5.74) is 0. The van der Waals surface area contributed by atoms with Gasteiger partial charge in [0, 0.05) is 11.8 Å². The molecule has 2 unspecified atom stereocenters. The Kier molecular flexibility index (Phi) is 10.3. The number of nitrogens with one attached hydrogen (secondary N) is 3. The fourth-order valence-corrected chi connectivity index (χ4v) is 2.89. The van der Waals surface area contributed by atoms with E-state index >= 15 is 0 Å². The van der Waals surface area contributed by atoms with Crippen LogP contribution in [0.15, 0.2) is 0 Å². The summed E-state index contributed by atoms with van der Waals surface area (Å²) in [7, 11) is 3.76. The Morgan fingerprint density at radius 2 is 1.88 bits per heavy atom. The largest absolute Gasteiger partial charge is 0.343 e. The Morgan fingerprint density at radius 1 is 1.19 bits per heavy atom. The van der Waals surface area contributed by atoms with E-state index in [2.05, 4.69) is 22.2 Å². The van der Waals surface area contributed by atoms with Crippen molar-refractivity contribution in [2.24, 2.45) is 0 Å². The first-order valence-corrected chi connectivity index (χ1v) is 7.89. The second kappa shape index (κ2) is 10.3. The minimum absolute atomic E-state index is 0.0409. The van der Waals surface area contributed by atoms with E-state index in [1.54, 1.807) is 11.8 Å². The first-order chi connectivity index (χ1) is 7.69. The average molecular weight is 265 g/mol. The summed E-state index contributed by atoms with van der Waals surface area (Å²) in [6.45, 7) is 1.48.